The molecule has 1 saturated heterocycles. The zero-order chi connectivity index (χ0) is 16.6. The molecular weight excluding hydrogens is 324 g/mol. The van der Waals surface area contributed by atoms with Gasteiger partial charge in [-0.1, -0.05) is 4.49 Å². The van der Waals surface area contributed by atoms with Crippen LogP contribution in [0.1, 0.15) is 19.4 Å². The summed E-state index contributed by atoms with van der Waals surface area (Å²) in [5.74, 6) is -1.91. The van der Waals surface area contributed by atoms with Crippen molar-refractivity contribution in [3.05, 3.63) is 29.5 Å². The second-order valence-corrected chi connectivity index (χ2v) is 6.45. The molecule has 5 nitrogen and oxygen atoms in total. The van der Waals surface area contributed by atoms with Gasteiger partial charge in [-0.05, 0) is 31.4 Å². The first kappa shape index (κ1) is 16.2. The van der Waals surface area contributed by atoms with E-state index in [0.717, 1.165) is 11.5 Å². The molecule has 0 radical (unpaired) electrons. The Morgan fingerprint density at radius 3 is 2.57 bits per heavy atom. The van der Waals surface area contributed by atoms with Crippen molar-refractivity contribution >= 4 is 17.2 Å². The van der Waals surface area contributed by atoms with Crippen molar-refractivity contribution in [1.29, 1.82) is 0 Å². The zero-order valence-corrected chi connectivity index (χ0v) is 13.6. The molecule has 0 amide bonds. The Morgan fingerprint density at radius 2 is 2.00 bits per heavy atom. The average Bonchev–Trinajstić information content (AvgIpc) is 3.02. The third-order valence-corrected chi connectivity index (χ3v) is 4.49. The molecule has 1 N–H and O–H groups in total. The van der Waals surface area contributed by atoms with Gasteiger partial charge in [0.15, 0.2) is 11.6 Å². The van der Waals surface area contributed by atoms with Gasteiger partial charge in [-0.2, -0.15) is 0 Å². The molecule has 2 atom stereocenters. The molecule has 2 aromatic rings. The summed E-state index contributed by atoms with van der Waals surface area (Å²) in [4.78, 5) is 2.16. The summed E-state index contributed by atoms with van der Waals surface area (Å²) in [6.45, 7) is 4.26. The number of morpholine rings is 1. The van der Waals surface area contributed by atoms with Crippen LogP contribution in [0, 0.1) is 11.6 Å². The smallest absolute Gasteiger partial charge is 0.183 e. The van der Waals surface area contributed by atoms with E-state index in [1.54, 1.807) is 4.90 Å². The minimum atomic E-state index is -0.957. The Labute approximate surface area is 136 Å². The van der Waals surface area contributed by atoms with E-state index in [-0.39, 0.29) is 30.1 Å². The molecule has 1 aromatic carbocycles. The van der Waals surface area contributed by atoms with E-state index in [1.807, 2.05) is 13.8 Å². The predicted molar refractivity (Wildman–Crippen MR) is 83.4 cm³/mol. The summed E-state index contributed by atoms with van der Waals surface area (Å²) < 4.78 is 38.6. The maximum atomic E-state index is 14.7. The van der Waals surface area contributed by atoms with Gasteiger partial charge in [0.25, 0.3) is 0 Å². The number of halogens is 2. The minimum Gasteiger partial charge on any atom is -0.392 e. The number of nitrogens with zero attached hydrogens (tertiary/aromatic N) is 3. The Balaban J connectivity index is 2.09. The monoisotopic (exact) mass is 341 g/mol. The van der Waals surface area contributed by atoms with Gasteiger partial charge in [-0.25, -0.2) is 8.78 Å². The van der Waals surface area contributed by atoms with Crippen molar-refractivity contribution in [2.24, 2.45) is 0 Å². The Bertz CT molecular complexity index is 687. The lowest BCUT2D eigenvalue weighted by Crippen LogP contribution is -2.46. The van der Waals surface area contributed by atoms with E-state index in [0.29, 0.717) is 23.5 Å². The van der Waals surface area contributed by atoms with Crippen LogP contribution in [0.2, 0.25) is 0 Å². The highest BCUT2D eigenvalue weighted by atomic mass is 32.1. The summed E-state index contributed by atoms with van der Waals surface area (Å²) >= 11 is 0.977. The fraction of sp³-hybridized carbons (Fsp3) is 0.467. The molecule has 1 aliphatic heterocycles. The summed E-state index contributed by atoms with van der Waals surface area (Å²) in [6.07, 6.45) is 1.18. The van der Waals surface area contributed by atoms with E-state index < -0.39 is 11.6 Å². The zero-order valence-electron chi connectivity index (χ0n) is 12.8. The first-order valence-corrected chi connectivity index (χ1v) is 8.08. The molecule has 0 bridgehead atoms. The van der Waals surface area contributed by atoms with Crippen LogP contribution in [0.3, 0.4) is 0 Å². The van der Waals surface area contributed by atoms with Crippen molar-refractivity contribution in [3.8, 4) is 10.4 Å². The lowest BCUT2D eigenvalue weighted by atomic mass is 10.0. The maximum absolute atomic E-state index is 14.7. The first-order chi connectivity index (χ1) is 11.0. The summed E-state index contributed by atoms with van der Waals surface area (Å²) in [7, 11) is 0. The molecule has 1 fully saturated rings. The van der Waals surface area contributed by atoms with Crippen molar-refractivity contribution in [2.45, 2.75) is 32.7 Å². The normalized spacial score (nSPS) is 21.7. The summed E-state index contributed by atoms with van der Waals surface area (Å²) in [5.41, 5.74) is 0.515. The highest BCUT2D eigenvalue weighted by Gasteiger charge is 2.29. The second kappa shape index (κ2) is 6.46. The highest BCUT2D eigenvalue weighted by molar-refractivity contribution is 7.09. The third-order valence-electron chi connectivity index (χ3n) is 3.79. The molecule has 3 rings (SSSR count). The van der Waals surface area contributed by atoms with Gasteiger partial charge in [0.05, 0.1) is 35.6 Å². The minimum absolute atomic E-state index is 0.0691. The number of ether oxygens (including phenoxy) is 1. The Hall–Kier alpha value is -1.64. The van der Waals surface area contributed by atoms with Gasteiger partial charge in [0, 0.05) is 24.2 Å². The van der Waals surface area contributed by atoms with Gasteiger partial charge in [0.1, 0.15) is 0 Å². The van der Waals surface area contributed by atoms with E-state index in [2.05, 4.69) is 9.59 Å². The number of hydrogen-bond acceptors (Lipinski definition) is 6. The van der Waals surface area contributed by atoms with Gasteiger partial charge in [-0.3, -0.25) is 0 Å². The fourth-order valence-electron chi connectivity index (χ4n) is 2.96. The van der Waals surface area contributed by atoms with Crippen LogP contribution in [0.5, 0.6) is 0 Å². The molecule has 2 heterocycles. The largest absolute Gasteiger partial charge is 0.392 e. The van der Waals surface area contributed by atoms with Crippen molar-refractivity contribution in [1.82, 2.24) is 9.59 Å². The third kappa shape index (κ3) is 3.06. The van der Waals surface area contributed by atoms with Crippen LogP contribution in [-0.2, 0) is 11.3 Å². The van der Waals surface area contributed by atoms with E-state index in [9.17, 15) is 13.9 Å². The van der Waals surface area contributed by atoms with Gasteiger partial charge in [-0.15, -0.1) is 5.10 Å². The van der Waals surface area contributed by atoms with Crippen LogP contribution >= 0.6 is 11.5 Å². The van der Waals surface area contributed by atoms with Crippen LogP contribution in [0.4, 0.5) is 14.5 Å². The van der Waals surface area contributed by atoms with Gasteiger partial charge < -0.3 is 14.7 Å². The number of aliphatic hydroxyl groups excluding tert-OH is 1. The van der Waals surface area contributed by atoms with Crippen molar-refractivity contribution in [2.75, 3.05) is 18.0 Å². The highest BCUT2D eigenvalue weighted by Crippen LogP contribution is 2.36. The molecule has 1 aliphatic rings. The van der Waals surface area contributed by atoms with Crippen LogP contribution in [0.15, 0.2) is 12.3 Å². The Kier molecular flexibility index (Phi) is 4.56. The Morgan fingerprint density at radius 1 is 1.30 bits per heavy atom. The molecule has 23 heavy (non-hydrogen) atoms. The number of aromatic nitrogens is 2. The van der Waals surface area contributed by atoms with Crippen LogP contribution < -0.4 is 4.90 Å². The lowest BCUT2D eigenvalue weighted by molar-refractivity contribution is -0.00553. The van der Waals surface area contributed by atoms with Crippen LogP contribution in [0.25, 0.3) is 10.4 Å². The lowest BCUT2D eigenvalue weighted by Gasteiger charge is -2.38. The second-order valence-electron chi connectivity index (χ2n) is 5.66. The molecule has 124 valence electrons. The average molecular weight is 341 g/mol. The molecule has 0 unspecified atom stereocenters. The van der Waals surface area contributed by atoms with Gasteiger partial charge >= 0.3 is 0 Å². The standard InChI is InChI=1S/C15H17F2N3O2S/c1-8-5-20(6-9(2)22-8)15-10(7-21)3-11(13(16)14(15)17)12-4-18-19-23-12/h3-4,8-9,21H,5-7H2,1-2H3/t8-,9+. The molecule has 8 heteroatoms. The topological polar surface area (TPSA) is 58.5 Å². The number of hydrogen-bond donors (Lipinski definition) is 1. The van der Waals surface area contributed by atoms with E-state index in [4.69, 9.17) is 4.74 Å². The number of aliphatic hydroxyl groups is 1. The number of benzene rings is 1. The number of rotatable bonds is 3. The van der Waals surface area contributed by atoms with Crippen molar-refractivity contribution in [3.63, 3.8) is 0 Å². The first-order valence-electron chi connectivity index (χ1n) is 7.31. The van der Waals surface area contributed by atoms with E-state index >= 15 is 0 Å². The summed E-state index contributed by atoms with van der Waals surface area (Å²) in [5, 5.41) is 13.3. The quantitative estimate of drug-likeness (QED) is 0.930. The molecular formula is C15H17F2N3O2S. The fourth-order valence-corrected chi connectivity index (χ4v) is 3.48. The maximum Gasteiger partial charge on any atom is 0.183 e. The predicted octanol–water partition coefficient (Wildman–Crippen LogP) is 2.59. The van der Waals surface area contributed by atoms with Gasteiger partial charge in [0.2, 0.25) is 0 Å². The molecule has 0 saturated carbocycles. The molecule has 1 aromatic heterocycles. The summed E-state index contributed by atoms with van der Waals surface area (Å²) in [6, 6.07) is 1.47. The SMILES string of the molecule is C[C@@H]1CN(c2c(CO)cc(-c3cnns3)c(F)c2F)C[C@H](C)O1. The van der Waals surface area contributed by atoms with Crippen LogP contribution in [-0.4, -0.2) is 40.0 Å². The van der Waals surface area contributed by atoms with E-state index in [1.165, 1.54) is 12.3 Å². The van der Waals surface area contributed by atoms with Crippen molar-refractivity contribution < 1.29 is 18.6 Å². The number of anilines is 1. The molecule has 0 aliphatic carbocycles. The molecule has 0 spiro atoms.